The van der Waals surface area contributed by atoms with Gasteiger partial charge in [-0.15, -0.1) is 0 Å². The summed E-state index contributed by atoms with van der Waals surface area (Å²) >= 11 is 0. The molecule has 0 unspecified atom stereocenters. The van der Waals surface area contributed by atoms with E-state index in [2.05, 4.69) is 97.2 Å². The summed E-state index contributed by atoms with van der Waals surface area (Å²) in [5, 5.41) is 0. The average Bonchev–Trinajstić information content (AvgIpc) is 3.40. The van der Waals surface area contributed by atoms with E-state index in [9.17, 15) is 0 Å². The van der Waals surface area contributed by atoms with Crippen LogP contribution in [0, 0.1) is 0 Å². The van der Waals surface area contributed by atoms with Gasteiger partial charge in [0, 0.05) is 0 Å². The minimum atomic E-state index is 0. The summed E-state index contributed by atoms with van der Waals surface area (Å²) in [6.07, 6.45) is 38.0. The SMILES string of the molecule is C1=CCC=C1.C1=CCC=C1.C1=CCC=C1.C1=CCC=C1.[Hf+4]. The summed E-state index contributed by atoms with van der Waals surface area (Å²) in [6, 6.07) is 0. The molecule has 0 N–H and O–H groups in total. The number of allylic oxidation sites excluding steroid dienone is 16. The van der Waals surface area contributed by atoms with Crippen LogP contribution in [-0.2, 0) is 25.8 Å². The molecule has 0 saturated heterocycles. The van der Waals surface area contributed by atoms with Crippen LogP contribution >= 0.6 is 0 Å². The molecule has 0 radical (unpaired) electrons. The molecule has 4 aliphatic rings. The van der Waals surface area contributed by atoms with E-state index in [1.54, 1.807) is 0 Å². The van der Waals surface area contributed by atoms with E-state index in [4.69, 9.17) is 0 Å². The Labute approximate surface area is 148 Å². The molecule has 0 aliphatic heterocycles. The summed E-state index contributed by atoms with van der Waals surface area (Å²) in [7, 11) is 0. The fourth-order valence-electron chi connectivity index (χ4n) is 1.57. The summed E-state index contributed by atoms with van der Waals surface area (Å²) in [6.45, 7) is 0. The van der Waals surface area contributed by atoms with Crippen molar-refractivity contribution in [3.63, 3.8) is 0 Å². The summed E-state index contributed by atoms with van der Waals surface area (Å²) in [5.74, 6) is 0. The Balaban J connectivity index is 0.000000250. The van der Waals surface area contributed by atoms with Crippen molar-refractivity contribution in [1.82, 2.24) is 0 Å². The van der Waals surface area contributed by atoms with Crippen molar-refractivity contribution in [2.24, 2.45) is 0 Å². The molecule has 0 atom stereocenters. The van der Waals surface area contributed by atoms with Crippen LogP contribution in [0.25, 0.3) is 0 Å². The molecule has 0 saturated carbocycles. The van der Waals surface area contributed by atoms with Gasteiger partial charge in [-0.1, -0.05) is 97.2 Å². The molecule has 0 amide bonds. The van der Waals surface area contributed by atoms with Gasteiger partial charge in [-0.3, -0.25) is 0 Å². The molecule has 104 valence electrons. The van der Waals surface area contributed by atoms with Crippen LogP contribution in [0.5, 0.6) is 0 Å². The Kier molecular flexibility index (Phi) is 15.9. The summed E-state index contributed by atoms with van der Waals surface area (Å²) in [5.41, 5.74) is 0. The van der Waals surface area contributed by atoms with Gasteiger partial charge in [-0.05, 0) is 25.7 Å². The predicted molar refractivity (Wildman–Crippen MR) is 91.6 cm³/mol. The standard InChI is InChI=1S/4C5H6.Hf/c4*1-2-4-5-3-1;/h4*1-4H,5H2;/q;;;;+4. The monoisotopic (exact) mass is 444 g/mol. The first-order chi connectivity index (χ1) is 10.0. The van der Waals surface area contributed by atoms with E-state index in [1.165, 1.54) is 0 Å². The van der Waals surface area contributed by atoms with Crippen LogP contribution in [0.3, 0.4) is 0 Å². The molecule has 1 heteroatoms. The van der Waals surface area contributed by atoms with Crippen molar-refractivity contribution >= 4 is 0 Å². The Bertz CT molecular complexity index is 326. The third-order valence-electron chi connectivity index (χ3n) is 2.62. The molecule has 0 nitrogen and oxygen atoms in total. The van der Waals surface area contributed by atoms with E-state index in [0.29, 0.717) is 0 Å². The zero-order valence-electron chi connectivity index (χ0n) is 12.6. The van der Waals surface area contributed by atoms with Gasteiger partial charge < -0.3 is 0 Å². The van der Waals surface area contributed by atoms with Crippen molar-refractivity contribution in [2.75, 3.05) is 0 Å². The first-order valence-electron chi connectivity index (χ1n) is 7.27. The maximum absolute atomic E-state index is 2.12. The first kappa shape index (κ1) is 19.8. The van der Waals surface area contributed by atoms with Gasteiger partial charge in [0.25, 0.3) is 0 Å². The van der Waals surface area contributed by atoms with Gasteiger partial charge in [0.2, 0.25) is 0 Å². The summed E-state index contributed by atoms with van der Waals surface area (Å²) in [4.78, 5) is 0. The van der Waals surface area contributed by atoms with Crippen molar-refractivity contribution in [3.8, 4) is 0 Å². The van der Waals surface area contributed by atoms with Crippen molar-refractivity contribution in [2.45, 2.75) is 25.7 Å². The zero-order chi connectivity index (χ0) is 14.1. The third-order valence-corrected chi connectivity index (χ3v) is 2.62. The second-order valence-corrected chi connectivity index (χ2v) is 4.37. The van der Waals surface area contributed by atoms with Crippen molar-refractivity contribution in [1.29, 1.82) is 0 Å². The molecule has 0 spiro atoms. The van der Waals surface area contributed by atoms with Crippen LogP contribution in [0.4, 0.5) is 0 Å². The maximum atomic E-state index is 2.12. The molecular weight excluding hydrogens is 419 g/mol. The predicted octanol–water partition coefficient (Wildman–Crippen LogP) is 6.01. The zero-order valence-corrected chi connectivity index (χ0v) is 16.2. The smallest absolute Gasteiger partial charge is 0.0808 e. The molecule has 4 rings (SSSR count). The Morgan fingerprint density at radius 1 is 0.286 bits per heavy atom. The normalized spacial score (nSPS) is 16.8. The van der Waals surface area contributed by atoms with Crippen LogP contribution in [-0.4, -0.2) is 0 Å². The molecule has 0 aromatic carbocycles. The van der Waals surface area contributed by atoms with Gasteiger partial charge in [-0.25, -0.2) is 0 Å². The molecule has 0 heterocycles. The first-order valence-corrected chi connectivity index (χ1v) is 7.27. The molecule has 0 bridgehead atoms. The molecule has 0 aromatic rings. The summed E-state index contributed by atoms with van der Waals surface area (Å²) < 4.78 is 0. The largest absolute Gasteiger partial charge is 4.00 e. The van der Waals surface area contributed by atoms with E-state index in [1.807, 2.05) is 0 Å². The molecule has 4 aliphatic carbocycles. The van der Waals surface area contributed by atoms with E-state index in [0.717, 1.165) is 25.7 Å². The van der Waals surface area contributed by atoms with Crippen LogP contribution in [0.1, 0.15) is 25.7 Å². The molecule has 0 fully saturated rings. The van der Waals surface area contributed by atoms with Crippen molar-refractivity contribution < 1.29 is 25.8 Å². The molecule has 21 heavy (non-hydrogen) atoms. The molecular formula is C20H24Hf+4. The number of hydrogen-bond donors (Lipinski definition) is 0. The topological polar surface area (TPSA) is 0 Å². The van der Waals surface area contributed by atoms with E-state index in [-0.39, 0.29) is 25.8 Å². The van der Waals surface area contributed by atoms with E-state index >= 15 is 0 Å². The second-order valence-electron chi connectivity index (χ2n) is 4.37. The quantitative estimate of drug-likeness (QED) is 0.403. The third kappa shape index (κ3) is 15.0. The molecule has 0 aromatic heterocycles. The average molecular weight is 443 g/mol. The number of hydrogen-bond acceptors (Lipinski definition) is 0. The van der Waals surface area contributed by atoms with Crippen LogP contribution in [0.2, 0.25) is 0 Å². The number of rotatable bonds is 0. The Hall–Kier alpha value is -1.21. The second kappa shape index (κ2) is 16.8. The maximum Gasteiger partial charge on any atom is 4.00 e. The Morgan fingerprint density at radius 3 is 0.476 bits per heavy atom. The minimum Gasteiger partial charge on any atom is -0.0808 e. The minimum absolute atomic E-state index is 0. The van der Waals surface area contributed by atoms with Crippen LogP contribution in [0.15, 0.2) is 97.2 Å². The van der Waals surface area contributed by atoms with Gasteiger partial charge >= 0.3 is 25.8 Å². The van der Waals surface area contributed by atoms with Gasteiger partial charge in [0.1, 0.15) is 0 Å². The van der Waals surface area contributed by atoms with Crippen molar-refractivity contribution in [3.05, 3.63) is 97.2 Å². The van der Waals surface area contributed by atoms with Gasteiger partial charge in [-0.2, -0.15) is 0 Å². The fraction of sp³-hybridized carbons (Fsp3) is 0.200. The van der Waals surface area contributed by atoms with Gasteiger partial charge in [0.15, 0.2) is 0 Å². The Morgan fingerprint density at radius 2 is 0.429 bits per heavy atom. The fourth-order valence-corrected chi connectivity index (χ4v) is 1.57. The van der Waals surface area contributed by atoms with Crippen LogP contribution < -0.4 is 0 Å². The van der Waals surface area contributed by atoms with E-state index < -0.39 is 0 Å². The van der Waals surface area contributed by atoms with Gasteiger partial charge in [0.05, 0.1) is 0 Å².